The fraction of sp³-hybridized carbons (Fsp3) is 0.350. The smallest absolute Gasteiger partial charge is 0.339 e. The second kappa shape index (κ2) is 8.39. The molecule has 24 heavy (non-hydrogen) atoms. The van der Waals surface area contributed by atoms with Gasteiger partial charge in [0.05, 0.1) is 0 Å². The second-order valence-corrected chi connectivity index (χ2v) is 5.91. The van der Waals surface area contributed by atoms with E-state index in [1.165, 1.54) is 30.5 Å². The Balaban J connectivity index is 1.99. The van der Waals surface area contributed by atoms with Crippen molar-refractivity contribution >= 4 is 5.97 Å². The van der Waals surface area contributed by atoms with Crippen LogP contribution in [0.15, 0.2) is 42.5 Å². The van der Waals surface area contributed by atoms with Gasteiger partial charge in [0.15, 0.2) is 0 Å². The third-order valence-corrected chi connectivity index (χ3v) is 4.19. The molecule has 0 aliphatic rings. The first-order chi connectivity index (χ1) is 11.5. The van der Waals surface area contributed by atoms with Crippen LogP contribution in [-0.4, -0.2) is 16.2 Å². The van der Waals surface area contributed by atoms with Crippen LogP contribution in [0.1, 0.15) is 60.5 Å². The summed E-state index contributed by atoms with van der Waals surface area (Å²) in [4.78, 5) is 10.9. The molecule has 4 heteroatoms. The third kappa shape index (κ3) is 4.51. The van der Waals surface area contributed by atoms with Gasteiger partial charge in [0.2, 0.25) is 0 Å². The van der Waals surface area contributed by atoms with Crippen LogP contribution in [-0.2, 0) is 6.61 Å². The molecule has 2 rings (SSSR count). The molecule has 0 aromatic heterocycles. The van der Waals surface area contributed by atoms with E-state index in [9.17, 15) is 9.90 Å². The van der Waals surface area contributed by atoms with Gasteiger partial charge >= 0.3 is 5.97 Å². The Morgan fingerprint density at radius 1 is 1.12 bits per heavy atom. The number of carboxylic acid groups (broad SMARTS) is 1. The van der Waals surface area contributed by atoms with Crippen molar-refractivity contribution in [3.8, 4) is 11.5 Å². The van der Waals surface area contributed by atoms with E-state index >= 15 is 0 Å². The summed E-state index contributed by atoms with van der Waals surface area (Å²) in [6, 6.07) is 12.6. The highest BCUT2D eigenvalue weighted by Gasteiger charge is 2.11. The number of carboxylic acids is 1. The van der Waals surface area contributed by atoms with Gasteiger partial charge in [-0.15, -0.1) is 0 Å². The molecule has 1 atom stereocenters. The van der Waals surface area contributed by atoms with Crippen LogP contribution in [0.25, 0.3) is 0 Å². The van der Waals surface area contributed by atoms with Gasteiger partial charge < -0.3 is 14.9 Å². The number of phenols is 1. The van der Waals surface area contributed by atoms with E-state index in [0.29, 0.717) is 18.3 Å². The lowest BCUT2D eigenvalue weighted by Gasteiger charge is -2.15. The van der Waals surface area contributed by atoms with Crippen molar-refractivity contribution in [3.05, 3.63) is 59.2 Å². The lowest BCUT2D eigenvalue weighted by molar-refractivity contribution is 0.0693. The molecule has 2 N–H and O–H groups in total. The summed E-state index contributed by atoms with van der Waals surface area (Å²) in [7, 11) is 0. The zero-order chi connectivity index (χ0) is 17.5. The highest BCUT2D eigenvalue weighted by molar-refractivity contribution is 5.90. The molecule has 2 aromatic rings. The minimum absolute atomic E-state index is 0.131. The van der Waals surface area contributed by atoms with Gasteiger partial charge in [-0.2, -0.15) is 0 Å². The molecule has 0 saturated heterocycles. The molecule has 0 saturated carbocycles. The highest BCUT2D eigenvalue weighted by atomic mass is 16.5. The zero-order valence-electron chi connectivity index (χ0n) is 14.2. The quantitative estimate of drug-likeness (QED) is 0.718. The summed E-state index contributed by atoms with van der Waals surface area (Å²) in [5.41, 5.74) is 2.26. The van der Waals surface area contributed by atoms with Crippen molar-refractivity contribution in [1.29, 1.82) is 0 Å². The molecule has 0 heterocycles. The molecule has 0 aliphatic heterocycles. The van der Waals surface area contributed by atoms with Crippen molar-refractivity contribution in [3.63, 3.8) is 0 Å². The van der Waals surface area contributed by atoms with Crippen molar-refractivity contribution in [2.24, 2.45) is 0 Å². The lowest BCUT2D eigenvalue weighted by Crippen LogP contribution is -2.00. The minimum atomic E-state index is -1.16. The maximum atomic E-state index is 10.9. The van der Waals surface area contributed by atoms with E-state index in [1.807, 2.05) is 0 Å². The van der Waals surface area contributed by atoms with E-state index in [4.69, 9.17) is 9.84 Å². The van der Waals surface area contributed by atoms with Crippen LogP contribution in [0.3, 0.4) is 0 Å². The molecular formula is C20H24O4. The Hall–Kier alpha value is -2.49. The number of aromatic hydroxyl groups is 1. The van der Waals surface area contributed by atoms with Crippen LogP contribution in [0, 0.1) is 0 Å². The monoisotopic (exact) mass is 328 g/mol. The summed E-state index contributed by atoms with van der Waals surface area (Å²) in [6.07, 6.45) is 3.51. The van der Waals surface area contributed by atoms with Gasteiger partial charge in [0, 0.05) is 6.07 Å². The van der Waals surface area contributed by atoms with Gasteiger partial charge in [0.25, 0.3) is 0 Å². The maximum Gasteiger partial charge on any atom is 0.339 e. The molecular weight excluding hydrogens is 304 g/mol. The van der Waals surface area contributed by atoms with Gasteiger partial charge in [-0.25, -0.2) is 4.79 Å². The fourth-order valence-corrected chi connectivity index (χ4v) is 2.79. The minimum Gasteiger partial charge on any atom is -0.507 e. The molecule has 0 bridgehead atoms. The molecule has 128 valence electrons. The van der Waals surface area contributed by atoms with E-state index in [1.54, 1.807) is 6.07 Å². The number of hydrogen-bond donors (Lipinski definition) is 2. The number of rotatable bonds is 8. The summed E-state index contributed by atoms with van der Waals surface area (Å²) in [6.45, 7) is 4.79. The van der Waals surface area contributed by atoms with Crippen LogP contribution >= 0.6 is 0 Å². The number of aromatic carboxylic acids is 1. The Kier molecular flexibility index (Phi) is 6.24. The third-order valence-electron chi connectivity index (χ3n) is 4.19. The van der Waals surface area contributed by atoms with Crippen LogP contribution < -0.4 is 4.74 Å². The summed E-state index contributed by atoms with van der Waals surface area (Å²) in [5.74, 6) is -0.405. The first-order valence-electron chi connectivity index (χ1n) is 8.33. The van der Waals surface area contributed by atoms with Gasteiger partial charge in [-0.3, -0.25) is 0 Å². The molecule has 0 spiro atoms. The van der Waals surface area contributed by atoms with Crippen molar-refractivity contribution in [2.45, 2.75) is 45.6 Å². The van der Waals surface area contributed by atoms with E-state index < -0.39 is 5.97 Å². The normalized spacial score (nSPS) is 11.9. The number of benzene rings is 2. The molecule has 2 aromatic carbocycles. The highest BCUT2D eigenvalue weighted by Crippen LogP contribution is 2.26. The second-order valence-electron chi connectivity index (χ2n) is 5.91. The van der Waals surface area contributed by atoms with Crippen molar-refractivity contribution < 1.29 is 19.7 Å². The van der Waals surface area contributed by atoms with Gasteiger partial charge in [-0.1, -0.05) is 44.5 Å². The predicted molar refractivity (Wildman–Crippen MR) is 93.8 cm³/mol. The molecule has 1 unspecified atom stereocenters. The van der Waals surface area contributed by atoms with E-state index in [2.05, 4.69) is 38.1 Å². The Bertz CT molecular complexity index is 677. The Morgan fingerprint density at radius 2 is 1.83 bits per heavy atom. The van der Waals surface area contributed by atoms with Gasteiger partial charge in [-0.05, 0) is 42.0 Å². The average molecular weight is 328 g/mol. The molecule has 0 fully saturated rings. The van der Waals surface area contributed by atoms with Crippen LogP contribution in [0.4, 0.5) is 0 Å². The maximum absolute atomic E-state index is 10.9. The average Bonchev–Trinajstić information content (AvgIpc) is 2.58. The lowest BCUT2D eigenvalue weighted by atomic mass is 9.92. The summed E-state index contributed by atoms with van der Waals surface area (Å²) >= 11 is 0. The SMILES string of the molecule is CCCC(CC)c1ccc(COc2ccc(C(=O)O)c(O)c2)cc1. The number of hydrogen-bond acceptors (Lipinski definition) is 3. The predicted octanol–water partition coefficient (Wildman–Crippen LogP) is 4.96. The largest absolute Gasteiger partial charge is 0.507 e. The molecule has 0 amide bonds. The first-order valence-corrected chi connectivity index (χ1v) is 8.33. The first kappa shape index (κ1) is 17.9. The molecule has 0 radical (unpaired) electrons. The number of ether oxygens (including phenoxy) is 1. The standard InChI is InChI=1S/C20H24O4/c1-3-5-15(4-2)16-8-6-14(7-9-16)13-24-17-10-11-18(20(22)23)19(21)12-17/h6-12,15,21H,3-5,13H2,1-2H3,(H,22,23). The molecule has 4 nitrogen and oxygen atoms in total. The zero-order valence-corrected chi connectivity index (χ0v) is 14.2. The Morgan fingerprint density at radius 3 is 2.38 bits per heavy atom. The topological polar surface area (TPSA) is 66.8 Å². The van der Waals surface area contributed by atoms with Crippen molar-refractivity contribution in [2.75, 3.05) is 0 Å². The van der Waals surface area contributed by atoms with Crippen LogP contribution in [0.5, 0.6) is 11.5 Å². The van der Waals surface area contributed by atoms with Gasteiger partial charge in [0.1, 0.15) is 23.7 Å². The van der Waals surface area contributed by atoms with E-state index in [0.717, 1.165) is 12.0 Å². The molecule has 0 aliphatic carbocycles. The summed E-state index contributed by atoms with van der Waals surface area (Å²) < 4.78 is 5.63. The number of carbonyl (C=O) groups is 1. The van der Waals surface area contributed by atoms with Crippen LogP contribution in [0.2, 0.25) is 0 Å². The fourth-order valence-electron chi connectivity index (χ4n) is 2.79. The van der Waals surface area contributed by atoms with Crippen molar-refractivity contribution in [1.82, 2.24) is 0 Å². The Labute approximate surface area is 142 Å². The van der Waals surface area contributed by atoms with E-state index in [-0.39, 0.29) is 11.3 Å². The summed E-state index contributed by atoms with van der Waals surface area (Å²) in [5, 5.41) is 18.6.